The highest BCUT2D eigenvalue weighted by atomic mass is 16.2. The summed E-state index contributed by atoms with van der Waals surface area (Å²) in [4.78, 5) is 58.8. The summed E-state index contributed by atoms with van der Waals surface area (Å²) in [6, 6.07) is 17.4. The lowest BCUT2D eigenvalue weighted by Gasteiger charge is -2.42. The molecule has 2 unspecified atom stereocenters. The third kappa shape index (κ3) is 6.37. The molecule has 0 bridgehead atoms. The molecule has 0 heterocycles. The van der Waals surface area contributed by atoms with E-state index in [2.05, 4.69) is 0 Å². The zero-order valence-corrected chi connectivity index (χ0v) is 23.5. The Morgan fingerprint density at radius 2 is 0.850 bits per heavy atom. The Kier molecular flexibility index (Phi) is 9.45. The lowest BCUT2D eigenvalue weighted by atomic mass is 9.83. The Morgan fingerprint density at radius 3 is 1.23 bits per heavy atom. The van der Waals surface area contributed by atoms with Gasteiger partial charge in [0, 0.05) is 35.0 Å². The standard InChI is InChI=1S/C34H42N2O4/c37-31(25-14-5-1-6-15-25)35(32(38)26-16-7-2-8-17-26)29-22-13-23-30(24-29)36(33(39)27-18-9-3-10-19-27)34(40)28-20-11-4-12-21-28/h1,3,5-6,9-10,14-15,18-19,26,28-30H,2,4,7-8,11-13,16-17,20-24H2. The Labute approximate surface area is 238 Å². The summed E-state index contributed by atoms with van der Waals surface area (Å²) in [6.45, 7) is 0. The lowest BCUT2D eigenvalue weighted by Crippen LogP contribution is -2.55. The summed E-state index contributed by atoms with van der Waals surface area (Å²) in [5.74, 6) is -0.986. The minimum atomic E-state index is -0.342. The smallest absolute Gasteiger partial charge is 0.260 e. The van der Waals surface area contributed by atoms with Crippen LogP contribution in [0.25, 0.3) is 0 Å². The molecule has 0 aromatic heterocycles. The Morgan fingerprint density at radius 1 is 0.475 bits per heavy atom. The van der Waals surface area contributed by atoms with E-state index in [-0.39, 0.29) is 47.5 Å². The number of hydrogen-bond donors (Lipinski definition) is 0. The predicted octanol–water partition coefficient (Wildman–Crippen LogP) is 6.80. The van der Waals surface area contributed by atoms with Crippen molar-refractivity contribution in [1.82, 2.24) is 9.80 Å². The van der Waals surface area contributed by atoms with Crippen molar-refractivity contribution in [3.63, 3.8) is 0 Å². The molecule has 5 rings (SSSR count). The Balaban J connectivity index is 1.45. The maximum Gasteiger partial charge on any atom is 0.260 e. The zero-order valence-electron chi connectivity index (χ0n) is 23.5. The molecular formula is C34H42N2O4. The molecule has 4 amide bonds. The molecule has 40 heavy (non-hydrogen) atoms. The molecule has 2 aromatic carbocycles. The van der Waals surface area contributed by atoms with Crippen LogP contribution in [0.3, 0.4) is 0 Å². The first-order chi connectivity index (χ1) is 19.5. The molecule has 3 aliphatic carbocycles. The normalized spacial score (nSPS) is 22.3. The van der Waals surface area contributed by atoms with Gasteiger partial charge >= 0.3 is 0 Å². The van der Waals surface area contributed by atoms with E-state index in [4.69, 9.17) is 0 Å². The SMILES string of the molecule is O=C(c1ccccc1)N(C(=O)C1CCCCC1)C1CCCC(N(C(=O)c2ccccc2)C(=O)C2CCCCC2)C1. The number of carbonyl (C=O) groups excluding carboxylic acids is 4. The van der Waals surface area contributed by atoms with Gasteiger partial charge in [-0.3, -0.25) is 29.0 Å². The number of carbonyl (C=O) groups is 4. The number of amides is 4. The van der Waals surface area contributed by atoms with Gasteiger partial charge < -0.3 is 0 Å². The second-order valence-electron chi connectivity index (χ2n) is 11.9. The van der Waals surface area contributed by atoms with E-state index in [9.17, 15) is 19.2 Å². The van der Waals surface area contributed by atoms with E-state index >= 15 is 0 Å². The lowest BCUT2D eigenvalue weighted by molar-refractivity contribution is -0.138. The number of imide groups is 2. The molecule has 0 saturated heterocycles. The summed E-state index contributed by atoms with van der Waals surface area (Å²) in [5.41, 5.74) is 1.01. The maximum absolute atomic E-state index is 14.0. The van der Waals surface area contributed by atoms with Gasteiger partial charge in [-0.25, -0.2) is 0 Å². The average Bonchev–Trinajstić information content (AvgIpc) is 3.03. The molecule has 2 atom stereocenters. The van der Waals surface area contributed by atoms with E-state index < -0.39 is 0 Å². The number of benzene rings is 2. The quantitative estimate of drug-likeness (QED) is 0.377. The van der Waals surface area contributed by atoms with Crippen molar-refractivity contribution in [2.24, 2.45) is 11.8 Å². The Hall–Kier alpha value is -3.28. The molecule has 6 heteroatoms. The molecule has 0 N–H and O–H groups in total. The van der Waals surface area contributed by atoms with E-state index in [0.717, 1.165) is 70.6 Å². The first kappa shape index (κ1) is 28.3. The van der Waals surface area contributed by atoms with Crippen LogP contribution in [0.5, 0.6) is 0 Å². The van der Waals surface area contributed by atoms with Crippen LogP contribution in [-0.4, -0.2) is 45.5 Å². The van der Waals surface area contributed by atoms with Gasteiger partial charge in [-0.15, -0.1) is 0 Å². The topological polar surface area (TPSA) is 74.8 Å². The van der Waals surface area contributed by atoms with Crippen molar-refractivity contribution in [1.29, 1.82) is 0 Å². The van der Waals surface area contributed by atoms with Crippen LogP contribution in [0.2, 0.25) is 0 Å². The van der Waals surface area contributed by atoms with Crippen molar-refractivity contribution in [2.45, 2.75) is 102 Å². The van der Waals surface area contributed by atoms with Crippen molar-refractivity contribution in [2.75, 3.05) is 0 Å². The minimum absolute atomic E-state index is 0.0845. The van der Waals surface area contributed by atoms with Crippen LogP contribution >= 0.6 is 0 Å². The highest BCUT2D eigenvalue weighted by Crippen LogP contribution is 2.35. The largest absolute Gasteiger partial charge is 0.275 e. The van der Waals surface area contributed by atoms with Crippen molar-refractivity contribution < 1.29 is 19.2 Å². The summed E-state index contributed by atoms with van der Waals surface area (Å²) in [7, 11) is 0. The molecule has 0 radical (unpaired) electrons. The average molecular weight is 543 g/mol. The van der Waals surface area contributed by atoms with E-state index in [1.165, 1.54) is 9.80 Å². The van der Waals surface area contributed by atoms with E-state index in [1.54, 1.807) is 24.3 Å². The fraction of sp³-hybridized carbons (Fsp3) is 0.529. The van der Waals surface area contributed by atoms with Gasteiger partial charge in [0.1, 0.15) is 0 Å². The minimum Gasteiger partial charge on any atom is -0.275 e. The molecule has 2 aromatic rings. The van der Waals surface area contributed by atoms with Crippen LogP contribution in [0.1, 0.15) is 111 Å². The summed E-state index contributed by atoms with van der Waals surface area (Å²) in [5, 5.41) is 0. The van der Waals surface area contributed by atoms with Gasteiger partial charge in [0.05, 0.1) is 0 Å². The monoisotopic (exact) mass is 542 g/mol. The van der Waals surface area contributed by atoms with Gasteiger partial charge in [0.25, 0.3) is 11.8 Å². The number of hydrogen-bond acceptors (Lipinski definition) is 4. The second kappa shape index (κ2) is 13.4. The second-order valence-corrected chi connectivity index (χ2v) is 11.9. The highest BCUT2D eigenvalue weighted by molar-refractivity contribution is 6.06. The van der Waals surface area contributed by atoms with Crippen molar-refractivity contribution in [3.8, 4) is 0 Å². The van der Waals surface area contributed by atoms with Crippen LogP contribution in [-0.2, 0) is 9.59 Å². The molecule has 3 saturated carbocycles. The number of rotatable bonds is 6. The van der Waals surface area contributed by atoms with E-state index in [0.29, 0.717) is 30.4 Å². The maximum atomic E-state index is 14.0. The molecule has 212 valence electrons. The molecule has 0 aliphatic heterocycles. The molecule has 3 aliphatic rings. The first-order valence-electron chi connectivity index (χ1n) is 15.4. The van der Waals surface area contributed by atoms with Gasteiger partial charge in [0.2, 0.25) is 11.8 Å². The van der Waals surface area contributed by atoms with Crippen molar-refractivity contribution >= 4 is 23.6 Å². The summed E-state index contributed by atoms with van der Waals surface area (Å²) >= 11 is 0. The predicted molar refractivity (Wildman–Crippen MR) is 154 cm³/mol. The fourth-order valence-corrected chi connectivity index (χ4v) is 7.03. The molecule has 6 nitrogen and oxygen atoms in total. The third-order valence-electron chi connectivity index (χ3n) is 9.21. The van der Waals surface area contributed by atoms with Gasteiger partial charge in [-0.2, -0.15) is 0 Å². The number of nitrogens with zero attached hydrogens (tertiary/aromatic N) is 2. The Bertz CT molecular complexity index is 1080. The van der Waals surface area contributed by atoms with E-state index in [1.807, 2.05) is 36.4 Å². The van der Waals surface area contributed by atoms with Gasteiger partial charge in [-0.1, -0.05) is 74.9 Å². The van der Waals surface area contributed by atoms with Crippen LogP contribution < -0.4 is 0 Å². The molecule has 3 fully saturated rings. The van der Waals surface area contributed by atoms with Gasteiger partial charge in [-0.05, 0) is 75.6 Å². The molecule has 0 spiro atoms. The first-order valence-corrected chi connectivity index (χ1v) is 15.4. The zero-order chi connectivity index (χ0) is 27.9. The summed E-state index contributed by atoms with van der Waals surface area (Å²) < 4.78 is 0. The molecular weight excluding hydrogens is 500 g/mol. The highest BCUT2D eigenvalue weighted by Gasteiger charge is 2.42. The van der Waals surface area contributed by atoms with Crippen LogP contribution in [0.15, 0.2) is 60.7 Å². The summed E-state index contributed by atoms with van der Waals surface area (Å²) in [6.07, 6.45) is 12.1. The third-order valence-corrected chi connectivity index (χ3v) is 9.21. The van der Waals surface area contributed by atoms with Gasteiger partial charge in [0.15, 0.2) is 0 Å². The fourth-order valence-electron chi connectivity index (χ4n) is 7.03. The van der Waals surface area contributed by atoms with Crippen LogP contribution in [0, 0.1) is 11.8 Å². The van der Waals surface area contributed by atoms with Crippen LogP contribution in [0.4, 0.5) is 0 Å². The van der Waals surface area contributed by atoms with Crippen molar-refractivity contribution in [3.05, 3.63) is 71.8 Å².